The summed E-state index contributed by atoms with van der Waals surface area (Å²) in [5.74, 6) is -0.0989. The van der Waals surface area contributed by atoms with E-state index in [1.54, 1.807) is 11.1 Å². The molecule has 0 saturated carbocycles. The van der Waals surface area contributed by atoms with Crippen molar-refractivity contribution in [2.45, 2.75) is 13.5 Å². The molecule has 0 radical (unpaired) electrons. The van der Waals surface area contributed by atoms with Gasteiger partial charge >= 0.3 is 0 Å². The molecule has 0 unspecified atom stereocenters. The molecule has 0 bridgehead atoms. The molecule has 1 heterocycles. The Morgan fingerprint density at radius 2 is 1.65 bits per heavy atom. The van der Waals surface area contributed by atoms with Gasteiger partial charge < -0.3 is 4.90 Å². The second kappa shape index (κ2) is 6.83. The molecule has 0 atom stereocenters. The molecule has 0 fully saturated rings. The summed E-state index contributed by atoms with van der Waals surface area (Å²) < 4.78 is 0. The molecular weight excluding hydrogens is 286 g/mol. The molecule has 2 aromatic carbocycles. The fourth-order valence-electron chi connectivity index (χ4n) is 2.40. The normalized spacial score (nSPS) is 10.3. The Balaban J connectivity index is 1.98. The Bertz CT molecular complexity index is 788. The third-order valence-electron chi connectivity index (χ3n) is 3.64. The molecule has 0 N–H and O–H groups in total. The third kappa shape index (κ3) is 3.43. The number of aromatic nitrogens is 2. The molecule has 4 heteroatoms. The first-order valence-electron chi connectivity index (χ1n) is 7.43. The van der Waals surface area contributed by atoms with E-state index in [0.717, 1.165) is 11.3 Å². The van der Waals surface area contributed by atoms with Crippen LogP contribution in [0.25, 0.3) is 0 Å². The highest BCUT2D eigenvalue weighted by atomic mass is 16.2. The van der Waals surface area contributed by atoms with Crippen LogP contribution in [0.3, 0.4) is 0 Å². The van der Waals surface area contributed by atoms with Crippen LogP contribution >= 0.6 is 0 Å². The third-order valence-corrected chi connectivity index (χ3v) is 3.64. The molecule has 1 aromatic heterocycles. The summed E-state index contributed by atoms with van der Waals surface area (Å²) >= 11 is 0. The van der Waals surface area contributed by atoms with Gasteiger partial charge in [-0.1, -0.05) is 48.5 Å². The molecule has 0 aliphatic rings. The topological polar surface area (TPSA) is 46.1 Å². The van der Waals surface area contributed by atoms with Gasteiger partial charge in [-0.15, -0.1) is 0 Å². The first-order valence-corrected chi connectivity index (χ1v) is 7.43. The minimum absolute atomic E-state index is 0.0989. The monoisotopic (exact) mass is 303 g/mol. The van der Waals surface area contributed by atoms with E-state index in [9.17, 15) is 4.79 Å². The SMILES string of the molecule is Cc1ncncc1C(=O)N(Cc1ccccc1)c1ccccc1. The molecule has 23 heavy (non-hydrogen) atoms. The number of carbonyl (C=O) groups is 1. The van der Waals surface area contributed by atoms with E-state index >= 15 is 0 Å². The van der Waals surface area contributed by atoms with E-state index in [0.29, 0.717) is 17.8 Å². The zero-order valence-electron chi connectivity index (χ0n) is 12.9. The summed E-state index contributed by atoms with van der Waals surface area (Å²) in [6.45, 7) is 2.32. The van der Waals surface area contributed by atoms with Crippen LogP contribution in [0.1, 0.15) is 21.6 Å². The number of para-hydroxylation sites is 1. The average molecular weight is 303 g/mol. The first kappa shape index (κ1) is 14.9. The van der Waals surface area contributed by atoms with E-state index < -0.39 is 0 Å². The molecule has 0 aliphatic heterocycles. The number of aryl methyl sites for hydroxylation is 1. The lowest BCUT2D eigenvalue weighted by molar-refractivity contribution is 0.0983. The lowest BCUT2D eigenvalue weighted by atomic mass is 10.1. The summed E-state index contributed by atoms with van der Waals surface area (Å²) in [6, 6.07) is 19.6. The van der Waals surface area contributed by atoms with Crippen molar-refractivity contribution >= 4 is 11.6 Å². The summed E-state index contributed by atoms with van der Waals surface area (Å²) in [7, 11) is 0. The van der Waals surface area contributed by atoms with Gasteiger partial charge in [0.1, 0.15) is 6.33 Å². The second-order valence-electron chi connectivity index (χ2n) is 5.23. The molecule has 3 aromatic rings. The average Bonchev–Trinajstić information content (AvgIpc) is 2.61. The van der Waals surface area contributed by atoms with Crippen molar-refractivity contribution in [3.8, 4) is 0 Å². The van der Waals surface area contributed by atoms with Crippen molar-refractivity contribution < 1.29 is 4.79 Å². The minimum Gasteiger partial charge on any atom is -0.304 e. The van der Waals surface area contributed by atoms with Crippen molar-refractivity contribution in [3.05, 3.63) is 90.0 Å². The van der Waals surface area contributed by atoms with Crippen molar-refractivity contribution in [2.75, 3.05) is 4.90 Å². The summed E-state index contributed by atoms with van der Waals surface area (Å²) in [4.78, 5) is 22.9. The van der Waals surface area contributed by atoms with Crippen molar-refractivity contribution in [1.82, 2.24) is 9.97 Å². The number of benzene rings is 2. The number of anilines is 1. The molecule has 1 amide bonds. The van der Waals surface area contributed by atoms with Crippen molar-refractivity contribution in [1.29, 1.82) is 0 Å². The number of hydrogen-bond acceptors (Lipinski definition) is 3. The Hall–Kier alpha value is -3.01. The summed E-state index contributed by atoms with van der Waals surface area (Å²) in [5, 5.41) is 0. The molecule has 4 nitrogen and oxygen atoms in total. The highest BCUT2D eigenvalue weighted by Crippen LogP contribution is 2.20. The Labute approximate surface area is 135 Å². The lowest BCUT2D eigenvalue weighted by Gasteiger charge is -2.23. The van der Waals surface area contributed by atoms with Crippen LogP contribution in [0.15, 0.2) is 73.2 Å². The van der Waals surface area contributed by atoms with Gasteiger partial charge in [0.05, 0.1) is 17.8 Å². The molecule has 0 aliphatic carbocycles. The van der Waals surface area contributed by atoms with Crippen LogP contribution < -0.4 is 4.90 Å². The minimum atomic E-state index is -0.0989. The number of hydrogen-bond donors (Lipinski definition) is 0. The van der Waals surface area contributed by atoms with E-state index in [1.165, 1.54) is 6.33 Å². The van der Waals surface area contributed by atoms with E-state index in [2.05, 4.69) is 9.97 Å². The number of amides is 1. The zero-order valence-corrected chi connectivity index (χ0v) is 12.9. The van der Waals surface area contributed by atoms with Crippen LogP contribution in [-0.4, -0.2) is 15.9 Å². The van der Waals surface area contributed by atoms with Crippen LogP contribution in [0.4, 0.5) is 5.69 Å². The smallest absolute Gasteiger partial charge is 0.261 e. The number of rotatable bonds is 4. The largest absolute Gasteiger partial charge is 0.304 e. The lowest BCUT2D eigenvalue weighted by Crippen LogP contribution is -2.31. The highest BCUT2D eigenvalue weighted by Gasteiger charge is 2.20. The van der Waals surface area contributed by atoms with Crippen molar-refractivity contribution in [2.24, 2.45) is 0 Å². The van der Waals surface area contributed by atoms with Crippen LogP contribution in [0.2, 0.25) is 0 Å². The maximum Gasteiger partial charge on any atom is 0.261 e. The maximum absolute atomic E-state index is 13.0. The van der Waals surface area contributed by atoms with Gasteiger partial charge in [0.15, 0.2) is 0 Å². The van der Waals surface area contributed by atoms with Crippen molar-refractivity contribution in [3.63, 3.8) is 0 Å². The fraction of sp³-hybridized carbons (Fsp3) is 0.105. The maximum atomic E-state index is 13.0. The van der Waals surface area contributed by atoms with Crippen LogP contribution in [0, 0.1) is 6.92 Å². The second-order valence-corrected chi connectivity index (χ2v) is 5.23. The number of nitrogens with zero attached hydrogens (tertiary/aromatic N) is 3. The predicted molar refractivity (Wildman–Crippen MR) is 90.2 cm³/mol. The van der Waals surface area contributed by atoms with E-state index in [-0.39, 0.29) is 5.91 Å². The number of carbonyl (C=O) groups excluding carboxylic acids is 1. The standard InChI is InChI=1S/C19H17N3O/c1-15-18(12-20-14-21-15)19(23)22(17-10-6-3-7-11-17)13-16-8-4-2-5-9-16/h2-12,14H,13H2,1H3. The Morgan fingerprint density at radius 3 is 2.30 bits per heavy atom. The molecule has 0 saturated heterocycles. The quantitative estimate of drug-likeness (QED) is 0.739. The van der Waals surface area contributed by atoms with Gasteiger partial charge in [-0.05, 0) is 24.6 Å². The Morgan fingerprint density at radius 1 is 1.00 bits per heavy atom. The van der Waals surface area contributed by atoms with E-state index in [4.69, 9.17) is 0 Å². The van der Waals surface area contributed by atoms with Crippen LogP contribution in [0.5, 0.6) is 0 Å². The van der Waals surface area contributed by atoms with Gasteiger partial charge in [0, 0.05) is 11.9 Å². The fourth-order valence-corrected chi connectivity index (χ4v) is 2.40. The molecule has 3 rings (SSSR count). The first-order chi connectivity index (χ1) is 11.3. The van der Waals surface area contributed by atoms with Gasteiger partial charge in [0.2, 0.25) is 0 Å². The van der Waals surface area contributed by atoms with Gasteiger partial charge in [-0.2, -0.15) is 0 Å². The van der Waals surface area contributed by atoms with Crippen LogP contribution in [-0.2, 0) is 6.54 Å². The van der Waals surface area contributed by atoms with E-state index in [1.807, 2.05) is 67.6 Å². The highest BCUT2D eigenvalue weighted by molar-refractivity contribution is 6.06. The van der Waals surface area contributed by atoms with Gasteiger partial charge in [-0.3, -0.25) is 4.79 Å². The van der Waals surface area contributed by atoms with Gasteiger partial charge in [-0.25, -0.2) is 9.97 Å². The summed E-state index contributed by atoms with van der Waals surface area (Å²) in [5.41, 5.74) is 3.12. The zero-order chi connectivity index (χ0) is 16.1. The predicted octanol–water partition coefficient (Wildman–Crippen LogP) is 3.63. The summed E-state index contributed by atoms with van der Waals surface area (Å²) in [6.07, 6.45) is 3.03. The molecule has 0 spiro atoms. The molecule has 114 valence electrons. The molecular formula is C19H17N3O. The van der Waals surface area contributed by atoms with Gasteiger partial charge in [0.25, 0.3) is 5.91 Å². The Kier molecular flexibility index (Phi) is 4.43.